The van der Waals surface area contributed by atoms with Crippen molar-refractivity contribution in [1.29, 1.82) is 0 Å². The lowest BCUT2D eigenvalue weighted by molar-refractivity contribution is 0.360. The maximum Gasteiger partial charge on any atom is 0.226 e. The third-order valence-corrected chi connectivity index (χ3v) is 5.81. The number of halogens is 2. The number of nitrogens with zero attached hydrogens (tertiary/aromatic N) is 4. The zero-order valence-corrected chi connectivity index (χ0v) is 17.3. The van der Waals surface area contributed by atoms with Crippen LogP contribution in [0.4, 0.5) is 5.95 Å². The van der Waals surface area contributed by atoms with Crippen molar-refractivity contribution in [1.82, 2.24) is 19.7 Å². The van der Waals surface area contributed by atoms with Crippen LogP contribution >= 0.6 is 23.2 Å². The first-order valence-electron chi connectivity index (χ1n) is 9.38. The fraction of sp³-hybridized carbons (Fsp3) is 0.182. The Morgan fingerprint density at radius 1 is 1.00 bits per heavy atom. The fourth-order valence-electron chi connectivity index (χ4n) is 4.04. The van der Waals surface area contributed by atoms with E-state index in [4.69, 9.17) is 23.2 Å². The average molecular weight is 424 g/mol. The molecule has 3 heterocycles. The summed E-state index contributed by atoms with van der Waals surface area (Å²) in [5, 5.41) is 9.47. The topological polar surface area (TPSA) is 46.0 Å². The van der Waals surface area contributed by atoms with Crippen molar-refractivity contribution in [2.45, 2.75) is 6.04 Å². The Kier molecular flexibility index (Phi) is 4.66. The molecule has 0 bridgehead atoms. The molecule has 0 unspecified atom stereocenters. The predicted octanol–water partition coefficient (Wildman–Crippen LogP) is 4.88. The zero-order valence-electron chi connectivity index (χ0n) is 15.8. The Morgan fingerprint density at radius 3 is 2.41 bits per heavy atom. The van der Waals surface area contributed by atoms with Gasteiger partial charge < -0.3 is 5.32 Å². The van der Waals surface area contributed by atoms with Gasteiger partial charge in [0.2, 0.25) is 5.95 Å². The first-order valence-corrected chi connectivity index (χ1v) is 10.1. The molecule has 0 aliphatic carbocycles. The second kappa shape index (κ2) is 7.34. The molecule has 0 saturated carbocycles. The van der Waals surface area contributed by atoms with Crippen LogP contribution in [0.3, 0.4) is 0 Å². The molecule has 2 aromatic carbocycles. The predicted molar refractivity (Wildman–Crippen MR) is 117 cm³/mol. The number of anilines is 1. The van der Waals surface area contributed by atoms with Crippen molar-refractivity contribution < 1.29 is 0 Å². The van der Waals surface area contributed by atoms with Crippen molar-refractivity contribution in [3.63, 3.8) is 0 Å². The van der Waals surface area contributed by atoms with Crippen molar-refractivity contribution in [3.05, 3.63) is 92.9 Å². The normalized spacial score (nSPS) is 20.4. The number of likely N-dealkylation sites (N-methyl/N-ethyl adjacent to an activating group) is 1. The summed E-state index contributed by atoms with van der Waals surface area (Å²) in [6, 6.07) is 15.8. The van der Waals surface area contributed by atoms with Gasteiger partial charge in [0, 0.05) is 28.8 Å². The minimum atomic E-state index is -0.0302. The van der Waals surface area contributed by atoms with Crippen LogP contribution in [-0.4, -0.2) is 39.8 Å². The largest absolute Gasteiger partial charge is 0.324 e. The molecule has 0 fully saturated rings. The van der Waals surface area contributed by atoms with Crippen LogP contribution in [0.2, 0.25) is 10.0 Å². The smallest absolute Gasteiger partial charge is 0.226 e. The quantitative estimate of drug-likeness (QED) is 0.637. The van der Waals surface area contributed by atoms with Crippen molar-refractivity contribution in [2.75, 3.05) is 25.5 Å². The Bertz CT molecular complexity index is 1110. The SMILES string of the molecule is CN1CC2=C(Nc3ncnn3[C@@H]2c2ccc(Cl)cc2)/C(=C/c2ccc(Cl)cc2)C1. The van der Waals surface area contributed by atoms with E-state index in [0.717, 1.165) is 45.9 Å². The highest BCUT2D eigenvalue weighted by atomic mass is 35.5. The van der Waals surface area contributed by atoms with E-state index in [2.05, 4.69) is 45.6 Å². The van der Waals surface area contributed by atoms with E-state index in [-0.39, 0.29) is 6.04 Å². The maximum absolute atomic E-state index is 6.13. The molecular weight excluding hydrogens is 405 g/mol. The monoisotopic (exact) mass is 423 g/mol. The molecule has 0 amide bonds. The molecule has 0 saturated heterocycles. The van der Waals surface area contributed by atoms with Gasteiger partial charge in [-0.2, -0.15) is 10.1 Å². The molecular formula is C22H19Cl2N5. The van der Waals surface area contributed by atoms with Gasteiger partial charge in [-0.25, -0.2) is 4.68 Å². The van der Waals surface area contributed by atoms with Gasteiger partial charge in [0.1, 0.15) is 12.4 Å². The average Bonchev–Trinajstić information content (AvgIpc) is 3.17. The standard InChI is InChI=1S/C22H19Cl2N5/c1-28-11-16(10-14-2-6-17(23)7-3-14)20-19(12-28)21(15-4-8-18(24)9-5-15)29-22(27-20)25-13-26-29/h2-10,13,21H,11-12H2,1H3,(H,25,26,27)/b16-10+/t21-/m1/s1. The summed E-state index contributed by atoms with van der Waals surface area (Å²) in [6.45, 7) is 1.68. The fourth-order valence-corrected chi connectivity index (χ4v) is 4.29. The summed E-state index contributed by atoms with van der Waals surface area (Å²) < 4.78 is 1.95. The van der Waals surface area contributed by atoms with E-state index in [9.17, 15) is 0 Å². The lowest BCUT2D eigenvalue weighted by Crippen LogP contribution is -2.38. The van der Waals surface area contributed by atoms with Gasteiger partial charge in [0.25, 0.3) is 0 Å². The van der Waals surface area contributed by atoms with Crippen molar-refractivity contribution in [3.8, 4) is 0 Å². The minimum Gasteiger partial charge on any atom is -0.324 e. The van der Waals surface area contributed by atoms with Gasteiger partial charge in [0.05, 0.1) is 0 Å². The van der Waals surface area contributed by atoms with E-state index in [0.29, 0.717) is 0 Å². The number of fused-ring (bicyclic) bond motifs is 1. The van der Waals surface area contributed by atoms with Crippen LogP contribution < -0.4 is 5.32 Å². The molecule has 1 atom stereocenters. The molecule has 0 spiro atoms. The van der Waals surface area contributed by atoms with Gasteiger partial charge in [-0.3, -0.25) is 4.90 Å². The molecule has 0 radical (unpaired) electrons. The summed E-state index contributed by atoms with van der Waals surface area (Å²) in [5.41, 5.74) is 5.85. The highest BCUT2D eigenvalue weighted by molar-refractivity contribution is 6.30. The molecule has 146 valence electrons. The second-order valence-electron chi connectivity index (χ2n) is 7.40. The maximum atomic E-state index is 6.13. The van der Waals surface area contributed by atoms with Gasteiger partial charge >= 0.3 is 0 Å². The highest BCUT2D eigenvalue weighted by Gasteiger charge is 2.34. The summed E-state index contributed by atoms with van der Waals surface area (Å²) in [7, 11) is 2.13. The summed E-state index contributed by atoms with van der Waals surface area (Å²) in [5.74, 6) is 0.746. The van der Waals surface area contributed by atoms with Crippen LogP contribution in [0.25, 0.3) is 6.08 Å². The lowest BCUT2D eigenvalue weighted by Gasteiger charge is -2.38. The molecule has 1 N–H and O–H groups in total. The van der Waals surface area contributed by atoms with Gasteiger partial charge in [-0.15, -0.1) is 0 Å². The van der Waals surface area contributed by atoms with E-state index in [1.165, 1.54) is 11.1 Å². The zero-order chi connectivity index (χ0) is 20.0. The number of hydrogen-bond acceptors (Lipinski definition) is 4. The third-order valence-electron chi connectivity index (χ3n) is 5.30. The molecule has 5 nitrogen and oxygen atoms in total. The molecule has 2 aliphatic heterocycles. The molecule has 5 rings (SSSR count). The number of benzene rings is 2. The van der Waals surface area contributed by atoms with Crippen molar-refractivity contribution >= 4 is 35.2 Å². The highest BCUT2D eigenvalue weighted by Crippen LogP contribution is 2.40. The molecule has 2 aliphatic rings. The van der Waals surface area contributed by atoms with E-state index in [1.807, 2.05) is 41.1 Å². The summed E-state index contributed by atoms with van der Waals surface area (Å²) in [6.07, 6.45) is 3.80. The minimum absolute atomic E-state index is 0.0302. The van der Waals surface area contributed by atoms with Crippen LogP contribution in [-0.2, 0) is 0 Å². The number of nitrogens with one attached hydrogen (secondary N) is 1. The molecule has 29 heavy (non-hydrogen) atoms. The van der Waals surface area contributed by atoms with E-state index < -0.39 is 0 Å². The summed E-state index contributed by atoms with van der Waals surface area (Å²) >= 11 is 12.2. The van der Waals surface area contributed by atoms with Crippen LogP contribution in [0, 0.1) is 0 Å². The Morgan fingerprint density at radius 2 is 1.69 bits per heavy atom. The van der Waals surface area contributed by atoms with E-state index >= 15 is 0 Å². The van der Waals surface area contributed by atoms with Gasteiger partial charge in [-0.1, -0.05) is 47.5 Å². The third kappa shape index (κ3) is 3.46. The lowest BCUT2D eigenvalue weighted by atomic mass is 9.89. The number of hydrogen-bond donors (Lipinski definition) is 1. The second-order valence-corrected chi connectivity index (χ2v) is 8.27. The Hall–Kier alpha value is -2.60. The number of rotatable bonds is 2. The van der Waals surface area contributed by atoms with Crippen LogP contribution in [0.5, 0.6) is 0 Å². The van der Waals surface area contributed by atoms with Crippen LogP contribution in [0.15, 0.2) is 71.7 Å². The van der Waals surface area contributed by atoms with E-state index in [1.54, 1.807) is 6.33 Å². The molecule has 7 heteroatoms. The first-order chi connectivity index (χ1) is 14.1. The molecule has 1 aromatic heterocycles. The van der Waals surface area contributed by atoms with Crippen LogP contribution in [0.1, 0.15) is 17.2 Å². The summed E-state index contributed by atoms with van der Waals surface area (Å²) in [4.78, 5) is 6.75. The Labute approximate surface area is 179 Å². The number of aromatic nitrogens is 3. The molecule has 3 aromatic rings. The Balaban J connectivity index is 1.65. The van der Waals surface area contributed by atoms with Gasteiger partial charge in [0.15, 0.2) is 0 Å². The van der Waals surface area contributed by atoms with Crippen molar-refractivity contribution in [2.24, 2.45) is 0 Å². The first kappa shape index (κ1) is 18.4. The van der Waals surface area contributed by atoms with Gasteiger partial charge in [-0.05, 0) is 59.7 Å².